The molecule has 0 radical (unpaired) electrons. The fourth-order valence-corrected chi connectivity index (χ4v) is 2.87. The summed E-state index contributed by atoms with van der Waals surface area (Å²) in [5.41, 5.74) is 0. The second kappa shape index (κ2) is 17.2. The zero-order chi connectivity index (χ0) is 20.5. The monoisotopic (exact) mass is 387 g/mol. The third-order valence-corrected chi connectivity index (χ3v) is 4.73. The lowest BCUT2D eigenvalue weighted by molar-refractivity contribution is -0.132. The largest absolute Gasteiger partial charge is 0.394 e. The lowest BCUT2D eigenvalue weighted by Gasteiger charge is -2.27. The summed E-state index contributed by atoms with van der Waals surface area (Å²) in [7, 11) is 0. The Bertz CT molecular complexity index is 389. The molecule has 6 heteroatoms. The zero-order valence-electron chi connectivity index (χ0n) is 17.1. The van der Waals surface area contributed by atoms with Crippen LogP contribution in [0.5, 0.6) is 0 Å². The summed E-state index contributed by atoms with van der Waals surface area (Å²) in [6, 6.07) is -0.988. The number of carbonyl (C=O) groups is 1. The second-order valence-electron chi connectivity index (χ2n) is 7.27. The molecule has 0 aliphatic carbocycles. The molecule has 0 fully saturated rings. The Labute approximate surface area is 164 Å². The minimum absolute atomic E-state index is 0.282. The number of nitrogens with one attached hydrogen (secondary N) is 1. The van der Waals surface area contributed by atoms with Crippen LogP contribution in [0.3, 0.4) is 0 Å². The number of unbranched alkanes of at least 4 members (excludes halogenated alkanes) is 6. The van der Waals surface area contributed by atoms with Gasteiger partial charge in [0.15, 0.2) is 0 Å². The van der Waals surface area contributed by atoms with Gasteiger partial charge in [-0.1, -0.05) is 64.5 Å². The van der Waals surface area contributed by atoms with Crippen molar-refractivity contribution in [2.45, 2.75) is 109 Å². The highest BCUT2D eigenvalue weighted by Crippen LogP contribution is 2.10. The number of rotatable bonds is 17. The summed E-state index contributed by atoms with van der Waals surface area (Å²) in [5.74, 6) is -0.634. The van der Waals surface area contributed by atoms with Gasteiger partial charge in [-0.05, 0) is 32.1 Å². The molecular weight excluding hydrogens is 346 g/mol. The van der Waals surface area contributed by atoms with Crippen LogP contribution in [0, 0.1) is 0 Å². The van der Waals surface area contributed by atoms with Gasteiger partial charge in [0.05, 0.1) is 18.8 Å². The number of aliphatic hydroxyl groups is 4. The predicted octanol–water partition coefficient (Wildman–Crippen LogP) is 2.43. The Balaban J connectivity index is 4.16. The first kappa shape index (κ1) is 26.1. The highest BCUT2D eigenvalue weighted by molar-refractivity contribution is 5.80. The zero-order valence-corrected chi connectivity index (χ0v) is 17.1. The molecule has 27 heavy (non-hydrogen) atoms. The van der Waals surface area contributed by atoms with Crippen LogP contribution in [0.25, 0.3) is 0 Å². The Kier molecular flexibility index (Phi) is 16.6. The van der Waals surface area contributed by atoms with Gasteiger partial charge in [-0.15, -0.1) is 0 Å². The SMILES string of the molecule is CCCCCC/C=C\CCC(O)C(=O)NC(CO)C(O)C(O)CCCCC. The van der Waals surface area contributed by atoms with E-state index in [1.807, 2.05) is 13.0 Å². The van der Waals surface area contributed by atoms with Crippen LogP contribution < -0.4 is 5.32 Å². The molecule has 0 aliphatic heterocycles. The Morgan fingerprint density at radius 2 is 1.52 bits per heavy atom. The van der Waals surface area contributed by atoms with Crippen LogP contribution in [0.1, 0.15) is 84.5 Å². The molecule has 4 atom stereocenters. The second-order valence-corrected chi connectivity index (χ2v) is 7.27. The van der Waals surface area contributed by atoms with Crippen molar-refractivity contribution in [3.63, 3.8) is 0 Å². The number of aliphatic hydroxyl groups excluding tert-OH is 4. The van der Waals surface area contributed by atoms with E-state index in [0.29, 0.717) is 12.8 Å². The summed E-state index contributed by atoms with van der Waals surface area (Å²) in [5, 5.41) is 41.9. The van der Waals surface area contributed by atoms with Crippen molar-refractivity contribution in [3.8, 4) is 0 Å². The molecule has 4 unspecified atom stereocenters. The van der Waals surface area contributed by atoms with E-state index >= 15 is 0 Å². The molecule has 0 rings (SSSR count). The van der Waals surface area contributed by atoms with E-state index in [-0.39, 0.29) is 6.42 Å². The van der Waals surface area contributed by atoms with Crippen LogP contribution >= 0.6 is 0 Å². The average Bonchev–Trinajstić information content (AvgIpc) is 2.67. The van der Waals surface area contributed by atoms with Crippen molar-refractivity contribution in [2.24, 2.45) is 0 Å². The molecule has 0 heterocycles. The van der Waals surface area contributed by atoms with E-state index in [0.717, 1.165) is 32.1 Å². The van der Waals surface area contributed by atoms with Crippen molar-refractivity contribution in [2.75, 3.05) is 6.61 Å². The van der Waals surface area contributed by atoms with E-state index in [9.17, 15) is 25.2 Å². The summed E-state index contributed by atoms with van der Waals surface area (Å²) in [6.07, 6.45) is 10.4. The molecule has 0 bridgehead atoms. The number of allylic oxidation sites excluding steroid dienone is 2. The quantitative estimate of drug-likeness (QED) is 0.194. The standard InChI is InChI=1S/C21H41NO5/c1-3-5-7-8-9-10-11-13-15-19(25)21(27)22-17(16-23)20(26)18(24)14-12-6-4-2/h10-11,17-20,23-26H,3-9,12-16H2,1-2H3,(H,22,27)/b11-10-. The van der Waals surface area contributed by atoms with Crippen LogP contribution in [0.2, 0.25) is 0 Å². The molecule has 5 N–H and O–H groups in total. The van der Waals surface area contributed by atoms with Gasteiger partial charge >= 0.3 is 0 Å². The van der Waals surface area contributed by atoms with Gasteiger partial charge in [-0.2, -0.15) is 0 Å². The summed E-state index contributed by atoms with van der Waals surface area (Å²) in [6.45, 7) is 3.72. The minimum Gasteiger partial charge on any atom is -0.394 e. The first-order valence-electron chi connectivity index (χ1n) is 10.6. The van der Waals surface area contributed by atoms with E-state index in [4.69, 9.17) is 0 Å². The first-order chi connectivity index (χ1) is 13.0. The minimum atomic E-state index is -1.26. The van der Waals surface area contributed by atoms with Crippen molar-refractivity contribution >= 4 is 5.91 Å². The highest BCUT2D eigenvalue weighted by Gasteiger charge is 2.28. The summed E-state index contributed by atoms with van der Waals surface area (Å²) < 4.78 is 0. The summed E-state index contributed by atoms with van der Waals surface area (Å²) >= 11 is 0. The lowest BCUT2D eigenvalue weighted by atomic mass is 10.00. The van der Waals surface area contributed by atoms with E-state index in [1.54, 1.807) is 0 Å². The Hall–Kier alpha value is -0.950. The van der Waals surface area contributed by atoms with Crippen LogP contribution in [-0.4, -0.2) is 57.3 Å². The molecule has 6 nitrogen and oxygen atoms in total. The predicted molar refractivity (Wildman–Crippen MR) is 108 cm³/mol. The van der Waals surface area contributed by atoms with Crippen molar-refractivity contribution in [1.82, 2.24) is 5.32 Å². The molecular formula is C21H41NO5. The van der Waals surface area contributed by atoms with Crippen molar-refractivity contribution in [3.05, 3.63) is 12.2 Å². The van der Waals surface area contributed by atoms with Crippen LogP contribution in [0.4, 0.5) is 0 Å². The topological polar surface area (TPSA) is 110 Å². The molecule has 0 aliphatic rings. The molecule has 1 amide bonds. The average molecular weight is 388 g/mol. The third-order valence-electron chi connectivity index (χ3n) is 4.73. The lowest BCUT2D eigenvalue weighted by Crippen LogP contribution is -2.53. The number of hydrogen-bond donors (Lipinski definition) is 5. The number of amides is 1. The molecule has 0 saturated carbocycles. The molecule has 0 aromatic heterocycles. The highest BCUT2D eigenvalue weighted by atomic mass is 16.3. The van der Waals surface area contributed by atoms with Crippen molar-refractivity contribution < 1.29 is 25.2 Å². The number of carbonyl (C=O) groups excluding carboxylic acids is 1. The maximum Gasteiger partial charge on any atom is 0.249 e. The van der Waals surface area contributed by atoms with Gasteiger partial charge in [0, 0.05) is 0 Å². The van der Waals surface area contributed by atoms with E-state index in [2.05, 4.69) is 18.3 Å². The van der Waals surface area contributed by atoms with Gasteiger partial charge in [0.1, 0.15) is 12.2 Å². The fraction of sp³-hybridized carbons (Fsp3) is 0.857. The maximum atomic E-state index is 12.0. The smallest absolute Gasteiger partial charge is 0.249 e. The van der Waals surface area contributed by atoms with Crippen LogP contribution in [0.15, 0.2) is 12.2 Å². The molecule has 0 aromatic carbocycles. The van der Waals surface area contributed by atoms with Gasteiger partial charge < -0.3 is 25.7 Å². The molecule has 160 valence electrons. The first-order valence-corrected chi connectivity index (χ1v) is 10.6. The maximum absolute atomic E-state index is 12.0. The van der Waals surface area contributed by atoms with Crippen molar-refractivity contribution in [1.29, 1.82) is 0 Å². The Morgan fingerprint density at radius 1 is 0.889 bits per heavy atom. The van der Waals surface area contributed by atoms with E-state index in [1.165, 1.54) is 19.3 Å². The molecule has 0 aromatic rings. The number of hydrogen-bond acceptors (Lipinski definition) is 5. The normalized spacial score (nSPS) is 16.2. The molecule has 0 saturated heterocycles. The van der Waals surface area contributed by atoms with Gasteiger partial charge in [-0.3, -0.25) is 4.79 Å². The van der Waals surface area contributed by atoms with Gasteiger partial charge in [-0.25, -0.2) is 0 Å². The fourth-order valence-electron chi connectivity index (χ4n) is 2.87. The van der Waals surface area contributed by atoms with Crippen LogP contribution in [-0.2, 0) is 4.79 Å². The third kappa shape index (κ3) is 13.0. The van der Waals surface area contributed by atoms with Gasteiger partial charge in [0.2, 0.25) is 5.91 Å². The van der Waals surface area contributed by atoms with E-state index < -0.39 is 36.9 Å². The summed E-state index contributed by atoms with van der Waals surface area (Å²) in [4.78, 5) is 12.0. The molecule has 0 spiro atoms. The van der Waals surface area contributed by atoms with Gasteiger partial charge in [0.25, 0.3) is 0 Å². The Morgan fingerprint density at radius 3 is 2.15 bits per heavy atom.